The molecule has 2 atom stereocenters. The van der Waals surface area contributed by atoms with E-state index >= 15 is 0 Å². The normalized spacial score (nSPS) is 16.9. The van der Waals surface area contributed by atoms with E-state index in [1.54, 1.807) is 25.3 Å². The maximum absolute atomic E-state index is 13.5. The number of rotatable bonds is 8. The van der Waals surface area contributed by atoms with Crippen molar-refractivity contribution >= 4 is 17.6 Å². The Labute approximate surface area is 205 Å². The van der Waals surface area contributed by atoms with Gasteiger partial charge >= 0.3 is 0 Å². The minimum absolute atomic E-state index is 0.0719. The average molecular weight is 469 g/mol. The highest BCUT2D eigenvalue weighted by atomic mass is 16.5. The number of hydrogen-bond acceptors (Lipinski definition) is 5. The maximum atomic E-state index is 13.5. The standard InChI is InChI=1S/C30H28O5/c1-19(2)18-34-26-16-14-24-28(32)20(3)29(22-10-6-5-7-11-22)35-30(24)27(26)25(31)15-13-21-9-8-12-23(17-21)33-4/h5-17,20,29H,1,18H2,2-4H3/b15-13+. The molecule has 0 N–H and O–H groups in total. The van der Waals surface area contributed by atoms with Crippen LogP contribution in [-0.4, -0.2) is 25.3 Å². The molecular weight excluding hydrogens is 440 g/mol. The molecule has 1 aliphatic heterocycles. The van der Waals surface area contributed by atoms with Gasteiger partial charge in [-0.05, 0) is 54.0 Å². The molecule has 1 aliphatic rings. The van der Waals surface area contributed by atoms with Crippen molar-refractivity contribution < 1.29 is 23.8 Å². The molecule has 178 valence electrons. The molecular formula is C30H28O5. The van der Waals surface area contributed by atoms with Crippen LogP contribution in [0.25, 0.3) is 6.08 Å². The molecule has 0 amide bonds. The van der Waals surface area contributed by atoms with Gasteiger partial charge in [0.25, 0.3) is 0 Å². The zero-order chi connectivity index (χ0) is 24.9. The highest BCUT2D eigenvalue weighted by Gasteiger charge is 2.38. The highest BCUT2D eigenvalue weighted by molar-refractivity contribution is 6.14. The maximum Gasteiger partial charge on any atom is 0.193 e. The summed E-state index contributed by atoms with van der Waals surface area (Å²) in [6.07, 6.45) is 2.65. The Hall–Kier alpha value is -4.12. The molecule has 1 heterocycles. The number of ether oxygens (including phenoxy) is 3. The van der Waals surface area contributed by atoms with Gasteiger partial charge in [0.1, 0.15) is 35.5 Å². The van der Waals surface area contributed by atoms with Gasteiger partial charge in [-0.2, -0.15) is 0 Å². The third-order valence-electron chi connectivity index (χ3n) is 5.87. The van der Waals surface area contributed by atoms with Crippen molar-refractivity contribution in [2.75, 3.05) is 13.7 Å². The van der Waals surface area contributed by atoms with Crippen LogP contribution in [0.4, 0.5) is 0 Å². The first-order valence-corrected chi connectivity index (χ1v) is 11.5. The third-order valence-corrected chi connectivity index (χ3v) is 5.87. The number of benzene rings is 3. The van der Waals surface area contributed by atoms with Crippen LogP contribution >= 0.6 is 0 Å². The Morgan fingerprint density at radius 3 is 2.57 bits per heavy atom. The van der Waals surface area contributed by atoms with Crippen LogP contribution in [-0.2, 0) is 0 Å². The SMILES string of the molecule is C=C(C)COc1ccc2c(c1C(=O)/C=C/c1cccc(OC)c1)OC(c1ccccc1)C(C)C2=O. The van der Waals surface area contributed by atoms with Crippen molar-refractivity contribution in [1.82, 2.24) is 0 Å². The monoisotopic (exact) mass is 468 g/mol. The highest BCUT2D eigenvalue weighted by Crippen LogP contribution is 2.44. The van der Waals surface area contributed by atoms with E-state index in [1.165, 1.54) is 6.08 Å². The molecule has 0 aliphatic carbocycles. The summed E-state index contributed by atoms with van der Waals surface area (Å²) < 4.78 is 17.6. The summed E-state index contributed by atoms with van der Waals surface area (Å²) >= 11 is 0. The van der Waals surface area contributed by atoms with Gasteiger partial charge in [-0.3, -0.25) is 9.59 Å². The fourth-order valence-corrected chi connectivity index (χ4v) is 4.05. The fourth-order valence-electron chi connectivity index (χ4n) is 4.05. The molecule has 35 heavy (non-hydrogen) atoms. The minimum Gasteiger partial charge on any atom is -0.497 e. The largest absolute Gasteiger partial charge is 0.497 e. The summed E-state index contributed by atoms with van der Waals surface area (Å²) in [4.78, 5) is 26.9. The molecule has 4 rings (SSSR count). The van der Waals surface area contributed by atoms with Crippen LogP contribution in [0.2, 0.25) is 0 Å². The van der Waals surface area contributed by atoms with E-state index in [-0.39, 0.29) is 29.5 Å². The molecule has 0 saturated carbocycles. The summed E-state index contributed by atoms with van der Waals surface area (Å²) in [6, 6.07) is 20.3. The van der Waals surface area contributed by atoms with E-state index in [2.05, 4.69) is 6.58 Å². The number of carbonyl (C=O) groups is 2. The number of Topliss-reactive ketones (excluding diaryl/α,β-unsaturated/α-hetero) is 1. The van der Waals surface area contributed by atoms with E-state index < -0.39 is 12.0 Å². The lowest BCUT2D eigenvalue weighted by atomic mass is 9.85. The zero-order valence-electron chi connectivity index (χ0n) is 20.1. The van der Waals surface area contributed by atoms with Crippen molar-refractivity contribution in [3.8, 4) is 17.2 Å². The van der Waals surface area contributed by atoms with Gasteiger partial charge in [0.05, 0.1) is 18.6 Å². The fraction of sp³-hybridized carbons (Fsp3) is 0.200. The lowest BCUT2D eigenvalue weighted by molar-refractivity contribution is 0.0684. The molecule has 5 nitrogen and oxygen atoms in total. The Morgan fingerprint density at radius 1 is 1.09 bits per heavy atom. The first kappa shape index (κ1) is 24.0. The second kappa shape index (κ2) is 10.4. The molecule has 2 unspecified atom stereocenters. The van der Waals surface area contributed by atoms with Gasteiger partial charge in [0, 0.05) is 0 Å². The second-order valence-electron chi connectivity index (χ2n) is 8.64. The van der Waals surface area contributed by atoms with Crippen LogP contribution in [0.5, 0.6) is 17.2 Å². The molecule has 0 bridgehead atoms. The van der Waals surface area contributed by atoms with Gasteiger partial charge in [-0.15, -0.1) is 0 Å². The Morgan fingerprint density at radius 2 is 1.86 bits per heavy atom. The summed E-state index contributed by atoms with van der Waals surface area (Å²) in [7, 11) is 1.59. The predicted octanol–water partition coefficient (Wildman–Crippen LogP) is 6.50. The summed E-state index contributed by atoms with van der Waals surface area (Å²) in [6.45, 7) is 7.81. The van der Waals surface area contributed by atoms with Gasteiger partial charge in [0.2, 0.25) is 0 Å². The number of allylic oxidation sites excluding steroid dienone is 1. The number of methoxy groups -OCH3 is 1. The molecule has 0 fully saturated rings. The van der Waals surface area contributed by atoms with Gasteiger partial charge in [-0.25, -0.2) is 0 Å². The molecule has 0 radical (unpaired) electrons. The van der Waals surface area contributed by atoms with Gasteiger partial charge in [0.15, 0.2) is 11.6 Å². The van der Waals surface area contributed by atoms with Crippen molar-refractivity contribution in [3.05, 3.63) is 107 Å². The topological polar surface area (TPSA) is 61.8 Å². The number of ketones is 2. The summed E-state index contributed by atoms with van der Waals surface area (Å²) in [5.74, 6) is 0.494. The van der Waals surface area contributed by atoms with Crippen LogP contribution in [0.15, 0.2) is 85.0 Å². The number of carbonyl (C=O) groups excluding carboxylic acids is 2. The van der Waals surface area contributed by atoms with Crippen LogP contribution in [0.1, 0.15) is 51.8 Å². The molecule has 0 saturated heterocycles. The molecule has 3 aromatic rings. The first-order chi connectivity index (χ1) is 16.9. The van der Waals surface area contributed by atoms with Crippen LogP contribution in [0, 0.1) is 5.92 Å². The van der Waals surface area contributed by atoms with E-state index in [0.717, 1.165) is 16.7 Å². The molecule has 0 aromatic heterocycles. The van der Waals surface area contributed by atoms with E-state index in [9.17, 15) is 9.59 Å². The van der Waals surface area contributed by atoms with Gasteiger partial charge < -0.3 is 14.2 Å². The third kappa shape index (κ3) is 5.19. The summed E-state index contributed by atoms with van der Waals surface area (Å²) in [5.41, 5.74) is 3.09. The average Bonchev–Trinajstić information content (AvgIpc) is 2.88. The smallest absolute Gasteiger partial charge is 0.193 e. The molecule has 5 heteroatoms. The predicted molar refractivity (Wildman–Crippen MR) is 136 cm³/mol. The van der Waals surface area contributed by atoms with Crippen molar-refractivity contribution in [2.45, 2.75) is 20.0 Å². The van der Waals surface area contributed by atoms with E-state index in [0.29, 0.717) is 17.1 Å². The van der Waals surface area contributed by atoms with Crippen molar-refractivity contribution in [3.63, 3.8) is 0 Å². The number of hydrogen-bond donors (Lipinski definition) is 0. The Bertz CT molecular complexity index is 1290. The quantitative estimate of drug-likeness (QED) is 0.215. The van der Waals surface area contributed by atoms with Crippen LogP contribution < -0.4 is 14.2 Å². The van der Waals surface area contributed by atoms with Crippen molar-refractivity contribution in [2.24, 2.45) is 5.92 Å². The Kier molecular flexibility index (Phi) is 7.16. The molecule has 0 spiro atoms. The van der Waals surface area contributed by atoms with E-state index in [4.69, 9.17) is 14.2 Å². The Balaban J connectivity index is 1.78. The molecule has 3 aromatic carbocycles. The lowest BCUT2D eigenvalue weighted by Gasteiger charge is -2.32. The second-order valence-corrected chi connectivity index (χ2v) is 8.64. The zero-order valence-corrected chi connectivity index (χ0v) is 20.1. The number of fused-ring (bicyclic) bond motifs is 1. The summed E-state index contributed by atoms with van der Waals surface area (Å²) in [5, 5.41) is 0. The van der Waals surface area contributed by atoms with Crippen LogP contribution in [0.3, 0.4) is 0 Å². The van der Waals surface area contributed by atoms with Crippen molar-refractivity contribution in [1.29, 1.82) is 0 Å². The first-order valence-electron chi connectivity index (χ1n) is 11.5. The van der Waals surface area contributed by atoms with E-state index in [1.807, 2.05) is 68.4 Å². The minimum atomic E-state index is -0.512. The van der Waals surface area contributed by atoms with Gasteiger partial charge in [-0.1, -0.05) is 62.0 Å². The lowest BCUT2D eigenvalue weighted by Crippen LogP contribution is -2.30.